The van der Waals surface area contributed by atoms with Crippen molar-refractivity contribution in [1.82, 2.24) is 10.2 Å². The molecule has 0 spiro atoms. The fraction of sp³-hybridized carbons (Fsp3) is 0.235. The lowest BCUT2D eigenvalue weighted by Gasteiger charge is -2.34. The standard InChI is InChI=1S/C34H34ClFN4O7S/c1-4-37-34(42)31(18-24-8-6-5-7-9-24)38(21-25-11-14-27(36)15-12-25)33(41)22-39(30-19-26(35)13-17-32(30)47-3)48(45,46)28-16-10-23(2)29(20-28)40(43)44/h5-17,19-20,31H,4,18,21-22H2,1-3H3,(H,37,42)/t31-/m0/s1. The Bertz CT molecular complexity index is 1890. The zero-order valence-corrected chi connectivity index (χ0v) is 28.0. The molecule has 11 nitrogen and oxygen atoms in total. The van der Waals surface area contributed by atoms with E-state index in [0.29, 0.717) is 5.56 Å². The Kier molecular flexibility index (Phi) is 11.7. The summed E-state index contributed by atoms with van der Waals surface area (Å²) in [4.78, 5) is 39.9. The van der Waals surface area contributed by atoms with Crippen molar-refractivity contribution < 1.29 is 32.1 Å². The monoisotopic (exact) mass is 696 g/mol. The Morgan fingerprint density at radius 3 is 2.31 bits per heavy atom. The van der Waals surface area contributed by atoms with Gasteiger partial charge >= 0.3 is 0 Å². The van der Waals surface area contributed by atoms with Crippen LogP contribution in [0.25, 0.3) is 0 Å². The third kappa shape index (κ3) is 8.47. The number of rotatable bonds is 14. The van der Waals surface area contributed by atoms with Gasteiger partial charge in [-0.25, -0.2) is 12.8 Å². The van der Waals surface area contributed by atoms with Gasteiger partial charge in [0.15, 0.2) is 0 Å². The second-order valence-electron chi connectivity index (χ2n) is 10.8. The fourth-order valence-electron chi connectivity index (χ4n) is 5.08. The van der Waals surface area contributed by atoms with Gasteiger partial charge in [-0.15, -0.1) is 0 Å². The van der Waals surface area contributed by atoms with E-state index in [0.717, 1.165) is 15.9 Å². The predicted octanol–water partition coefficient (Wildman–Crippen LogP) is 5.68. The van der Waals surface area contributed by atoms with Gasteiger partial charge in [0.25, 0.3) is 15.7 Å². The van der Waals surface area contributed by atoms with Crippen LogP contribution in [0, 0.1) is 22.9 Å². The van der Waals surface area contributed by atoms with Gasteiger partial charge < -0.3 is 15.0 Å². The van der Waals surface area contributed by atoms with Gasteiger partial charge in [0, 0.05) is 36.2 Å². The SMILES string of the molecule is CCNC(=O)[C@H](Cc1ccccc1)N(Cc1ccc(F)cc1)C(=O)CN(c1cc(Cl)ccc1OC)S(=O)(=O)c1ccc(C)c([N+](=O)[O-])c1. The third-order valence-corrected chi connectivity index (χ3v) is 9.53. The molecule has 0 aromatic heterocycles. The van der Waals surface area contributed by atoms with Crippen molar-refractivity contribution in [3.05, 3.63) is 129 Å². The molecule has 0 bridgehead atoms. The van der Waals surface area contributed by atoms with Crippen LogP contribution in [0.15, 0.2) is 95.9 Å². The van der Waals surface area contributed by atoms with Gasteiger partial charge in [-0.2, -0.15) is 0 Å². The van der Waals surface area contributed by atoms with E-state index in [-0.39, 0.29) is 41.5 Å². The number of amides is 2. The molecule has 0 fully saturated rings. The van der Waals surface area contributed by atoms with E-state index in [9.17, 15) is 32.5 Å². The topological polar surface area (TPSA) is 139 Å². The van der Waals surface area contributed by atoms with Crippen molar-refractivity contribution in [2.45, 2.75) is 37.8 Å². The average molecular weight is 697 g/mol. The molecule has 0 heterocycles. The molecule has 1 atom stereocenters. The maximum absolute atomic E-state index is 14.5. The quantitative estimate of drug-likeness (QED) is 0.132. The molecule has 0 saturated carbocycles. The van der Waals surface area contributed by atoms with E-state index in [4.69, 9.17) is 16.3 Å². The molecule has 0 aliphatic rings. The molecule has 48 heavy (non-hydrogen) atoms. The summed E-state index contributed by atoms with van der Waals surface area (Å²) in [5.41, 5.74) is 0.908. The van der Waals surface area contributed by atoms with E-state index in [2.05, 4.69) is 5.32 Å². The number of carbonyl (C=O) groups excluding carboxylic acids is 2. The first kappa shape index (κ1) is 35.8. The summed E-state index contributed by atoms with van der Waals surface area (Å²) >= 11 is 6.29. The molecule has 14 heteroatoms. The lowest BCUT2D eigenvalue weighted by atomic mass is 10.0. The van der Waals surface area contributed by atoms with Crippen molar-refractivity contribution in [3.63, 3.8) is 0 Å². The molecule has 252 valence electrons. The second kappa shape index (κ2) is 15.7. The van der Waals surface area contributed by atoms with Crippen LogP contribution in [0.1, 0.15) is 23.6 Å². The van der Waals surface area contributed by atoms with Crippen LogP contribution in [0.3, 0.4) is 0 Å². The molecule has 4 rings (SSSR count). The molecule has 0 radical (unpaired) electrons. The number of likely N-dealkylation sites (N-methyl/N-ethyl adjacent to an activating group) is 1. The van der Waals surface area contributed by atoms with Crippen molar-refractivity contribution >= 4 is 44.8 Å². The van der Waals surface area contributed by atoms with Crippen LogP contribution in [-0.2, 0) is 32.6 Å². The van der Waals surface area contributed by atoms with Crippen molar-refractivity contribution in [2.24, 2.45) is 0 Å². The maximum Gasteiger partial charge on any atom is 0.273 e. The van der Waals surface area contributed by atoms with E-state index >= 15 is 0 Å². The number of nitro groups is 1. The number of anilines is 1. The number of aryl methyl sites for hydroxylation is 1. The number of hydrogen-bond acceptors (Lipinski definition) is 7. The van der Waals surface area contributed by atoms with E-state index in [1.54, 1.807) is 31.2 Å². The number of methoxy groups -OCH3 is 1. The molecule has 2 amide bonds. The van der Waals surface area contributed by atoms with Crippen molar-refractivity contribution in [1.29, 1.82) is 0 Å². The fourth-order valence-corrected chi connectivity index (χ4v) is 6.68. The highest BCUT2D eigenvalue weighted by Gasteiger charge is 2.36. The van der Waals surface area contributed by atoms with E-state index in [1.165, 1.54) is 73.5 Å². The van der Waals surface area contributed by atoms with Crippen LogP contribution in [0.4, 0.5) is 15.8 Å². The smallest absolute Gasteiger partial charge is 0.273 e. The molecule has 0 aliphatic heterocycles. The molecule has 4 aromatic rings. The lowest BCUT2D eigenvalue weighted by molar-refractivity contribution is -0.385. The van der Waals surface area contributed by atoms with Gasteiger partial charge in [-0.05, 0) is 61.4 Å². The third-order valence-electron chi connectivity index (χ3n) is 7.54. The number of nitrogens with one attached hydrogen (secondary N) is 1. The average Bonchev–Trinajstić information content (AvgIpc) is 3.06. The van der Waals surface area contributed by atoms with Crippen LogP contribution in [-0.4, -0.2) is 56.3 Å². The first-order valence-electron chi connectivity index (χ1n) is 14.8. The van der Waals surface area contributed by atoms with Crippen molar-refractivity contribution in [3.8, 4) is 5.75 Å². The number of hydrogen-bond donors (Lipinski definition) is 1. The Morgan fingerprint density at radius 1 is 1.00 bits per heavy atom. The number of carbonyl (C=O) groups is 2. The zero-order chi connectivity index (χ0) is 35.0. The molecule has 0 saturated heterocycles. The van der Waals surface area contributed by atoms with Crippen molar-refractivity contribution in [2.75, 3.05) is 24.5 Å². The summed E-state index contributed by atoms with van der Waals surface area (Å²) in [6.45, 7) is 2.42. The zero-order valence-electron chi connectivity index (χ0n) is 26.4. The molecule has 0 unspecified atom stereocenters. The van der Waals surface area contributed by atoms with Crippen LogP contribution in [0.5, 0.6) is 5.75 Å². The normalized spacial score (nSPS) is 11.8. The summed E-state index contributed by atoms with van der Waals surface area (Å²) in [5.74, 6) is -1.73. The second-order valence-corrected chi connectivity index (χ2v) is 13.1. The minimum atomic E-state index is -4.71. The number of nitrogens with zero attached hydrogens (tertiary/aromatic N) is 3. The Morgan fingerprint density at radius 2 is 1.69 bits per heavy atom. The summed E-state index contributed by atoms with van der Waals surface area (Å²) in [7, 11) is -3.40. The maximum atomic E-state index is 14.5. The summed E-state index contributed by atoms with van der Waals surface area (Å²) < 4.78 is 48.8. The molecular formula is C34H34ClFN4O7S. The Balaban J connectivity index is 1.88. The number of benzene rings is 4. The molecule has 1 N–H and O–H groups in total. The number of halogens is 2. The summed E-state index contributed by atoms with van der Waals surface area (Å²) in [5, 5.41) is 14.6. The minimum Gasteiger partial charge on any atom is -0.495 e. The summed E-state index contributed by atoms with van der Waals surface area (Å²) in [6.07, 6.45) is 0.0804. The number of sulfonamides is 1. The summed E-state index contributed by atoms with van der Waals surface area (Å²) in [6, 6.07) is 20.8. The van der Waals surface area contributed by atoms with Gasteiger partial charge in [0.2, 0.25) is 11.8 Å². The molecular weight excluding hydrogens is 663 g/mol. The first-order valence-corrected chi connectivity index (χ1v) is 16.6. The molecule has 4 aromatic carbocycles. The largest absolute Gasteiger partial charge is 0.495 e. The van der Waals surface area contributed by atoms with Gasteiger partial charge in [-0.3, -0.25) is 24.0 Å². The minimum absolute atomic E-state index is 0.0482. The van der Waals surface area contributed by atoms with Gasteiger partial charge in [-0.1, -0.05) is 60.1 Å². The Labute approximate surface area is 283 Å². The van der Waals surface area contributed by atoms with Gasteiger partial charge in [0.1, 0.15) is 24.2 Å². The van der Waals surface area contributed by atoms with E-state index in [1.807, 2.05) is 6.07 Å². The highest BCUT2D eigenvalue weighted by molar-refractivity contribution is 7.92. The van der Waals surface area contributed by atoms with Crippen LogP contribution in [0.2, 0.25) is 5.02 Å². The first-order chi connectivity index (χ1) is 22.8. The lowest BCUT2D eigenvalue weighted by Crippen LogP contribution is -2.53. The predicted molar refractivity (Wildman–Crippen MR) is 180 cm³/mol. The Hall–Kier alpha value is -5.01. The van der Waals surface area contributed by atoms with Crippen LogP contribution < -0.4 is 14.4 Å². The van der Waals surface area contributed by atoms with Crippen LogP contribution >= 0.6 is 11.6 Å². The number of nitro benzene ring substituents is 1. The van der Waals surface area contributed by atoms with Gasteiger partial charge in [0.05, 0.1) is 22.6 Å². The highest BCUT2D eigenvalue weighted by Crippen LogP contribution is 2.36. The molecule has 0 aliphatic carbocycles. The van der Waals surface area contributed by atoms with E-state index < -0.39 is 55.7 Å². The highest BCUT2D eigenvalue weighted by atomic mass is 35.5. The number of ether oxygens (including phenoxy) is 1.